The van der Waals surface area contributed by atoms with Gasteiger partial charge in [0.1, 0.15) is 0 Å². The van der Waals surface area contributed by atoms with Crippen LogP contribution in [0.25, 0.3) is 0 Å². The van der Waals surface area contributed by atoms with E-state index < -0.39 is 0 Å². The molecule has 0 aliphatic heterocycles. The molecule has 0 spiro atoms. The van der Waals surface area contributed by atoms with Crippen molar-refractivity contribution in [3.05, 3.63) is 20.6 Å². The first kappa shape index (κ1) is 18.2. The second kappa shape index (κ2) is 7.43. The third-order valence-electron chi connectivity index (χ3n) is 4.26. The van der Waals surface area contributed by atoms with Gasteiger partial charge in [-0.25, -0.2) is 0 Å². The van der Waals surface area contributed by atoms with E-state index in [0.717, 1.165) is 6.54 Å². The first-order valence-corrected chi connectivity index (χ1v) is 8.80. The summed E-state index contributed by atoms with van der Waals surface area (Å²) in [5.74, 6) is 2.66. The topological polar surface area (TPSA) is 3.24 Å². The molecule has 1 unspecified atom stereocenters. The Bertz CT molecular complexity index is 400. The van der Waals surface area contributed by atoms with Crippen molar-refractivity contribution < 1.29 is 20.4 Å². The Morgan fingerprint density at radius 3 is 1.80 bits per heavy atom. The Hall–Kier alpha value is 0.154. The molecule has 0 aromatic heterocycles. The predicted molar refractivity (Wildman–Crippen MR) is 85.2 cm³/mol. The summed E-state index contributed by atoms with van der Waals surface area (Å²) in [7, 11) is 4.36. The number of hydrogen-bond donors (Lipinski definition) is 0. The summed E-state index contributed by atoms with van der Waals surface area (Å²) >= 11 is 2.38. The molecule has 0 saturated heterocycles. The van der Waals surface area contributed by atoms with E-state index in [0.29, 0.717) is 23.7 Å². The maximum atomic E-state index is 2.38. The molecule has 0 aromatic rings. The predicted octanol–water partition coefficient (Wildman–Crippen LogP) is 4.63. The van der Waals surface area contributed by atoms with Crippen LogP contribution in [-0.2, 0) is 20.4 Å². The molecule has 1 aliphatic rings. The van der Waals surface area contributed by atoms with Gasteiger partial charge in [-0.05, 0) is 0 Å². The van der Waals surface area contributed by atoms with Gasteiger partial charge in [0, 0.05) is 0 Å². The molecule has 1 nitrogen and oxygen atoms in total. The van der Waals surface area contributed by atoms with Gasteiger partial charge in [0.15, 0.2) is 0 Å². The first-order chi connectivity index (χ1) is 9.18. The van der Waals surface area contributed by atoms with Crippen LogP contribution in [-0.4, -0.2) is 25.5 Å². The minimum atomic E-state index is 0.642. The van der Waals surface area contributed by atoms with Crippen molar-refractivity contribution in [2.24, 2.45) is 23.7 Å². The monoisotopic (exact) mass is 310 g/mol. The van der Waals surface area contributed by atoms with Crippen LogP contribution in [0.1, 0.15) is 48.0 Å². The molecule has 0 amide bonds. The summed E-state index contributed by atoms with van der Waals surface area (Å²) in [6.07, 6.45) is 1.22. The van der Waals surface area contributed by atoms with Crippen LogP contribution in [0.15, 0.2) is 20.6 Å². The fourth-order valence-electron chi connectivity index (χ4n) is 3.50. The number of rotatable bonds is 6. The summed E-state index contributed by atoms with van der Waals surface area (Å²) in [5, 5.41) is 0. The Labute approximate surface area is 138 Å². The van der Waals surface area contributed by atoms with Crippen LogP contribution in [0.5, 0.6) is 0 Å². The fourth-order valence-corrected chi connectivity index (χ4v) is 4.95. The maximum absolute atomic E-state index is 2.38. The molecule has 20 heavy (non-hydrogen) atoms. The summed E-state index contributed by atoms with van der Waals surface area (Å²) in [4.78, 5) is 2.31. The Kier molecular flexibility index (Phi) is 6.76. The van der Waals surface area contributed by atoms with Crippen LogP contribution >= 0.6 is 0 Å². The molecule has 1 aliphatic carbocycles. The quantitative estimate of drug-likeness (QED) is 0.646. The van der Waals surface area contributed by atoms with Gasteiger partial charge in [-0.1, -0.05) is 0 Å². The Balaban J connectivity index is 3.28. The van der Waals surface area contributed by atoms with Gasteiger partial charge in [0.05, 0.1) is 0 Å². The van der Waals surface area contributed by atoms with Gasteiger partial charge >= 0.3 is 138 Å². The summed E-state index contributed by atoms with van der Waals surface area (Å²) in [6.45, 7) is 15.4. The number of nitrogens with zero attached hydrogens (tertiary/aromatic N) is 1. The van der Waals surface area contributed by atoms with E-state index in [-0.39, 0.29) is 0 Å². The van der Waals surface area contributed by atoms with E-state index in [4.69, 9.17) is 0 Å². The molecule has 0 fully saturated rings. The second-order valence-electron chi connectivity index (χ2n) is 7.35. The van der Waals surface area contributed by atoms with E-state index >= 15 is 0 Å². The van der Waals surface area contributed by atoms with E-state index in [2.05, 4.69) is 81.0 Å². The van der Waals surface area contributed by atoms with Crippen LogP contribution in [0.2, 0.25) is 0 Å². The van der Waals surface area contributed by atoms with E-state index in [9.17, 15) is 0 Å². The van der Waals surface area contributed by atoms with Crippen LogP contribution in [0, 0.1) is 23.7 Å². The Morgan fingerprint density at radius 1 is 0.950 bits per heavy atom. The van der Waals surface area contributed by atoms with Gasteiger partial charge in [0.2, 0.25) is 0 Å². The zero-order chi connectivity index (χ0) is 15.6. The van der Waals surface area contributed by atoms with Gasteiger partial charge in [0.25, 0.3) is 0 Å². The first-order valence-electron chi connectivity index (χ1n) is 8.02. The molecule has 0 heterocycles. The van der Waals surface area contributed by atoms with Gasteiger partial charge < -0.3 is 0 Å². The normalized spacial score (nSPS) is 20.4. The summed E-state index contributed by atoms with van der Waals surface area (Å²) in [6, 6.07) is 0. The summed E-state index contributed by atoms with van der Waals surface area (Å²) < 4.78 is 1.65. The molecular weight excluding hydrogens is 278 g/mol. The van der Waals surface area contributed by atoms with Gasteiger partial charge in [-0.2, -0.15) is 0 Å². The van der Waals surface area contributed by atoms with Crippen molar-refractivity contribution in [3.63, 3.8) is 0 Å². The number of hydrogen-bond acceptors (Lipinski definition) is 1. The average molecular weight is 310 g/mol. The molecule has 1 atom stereocenters. The minimum absolute atomic E-state index is 0.642. The molecule has 0 N–H and O–H groups in total. The SMILES string of the molecule is CC(C)C1=[C]([Ti])C(C(C)C)C(CCN(C)C)=C1C(C)C. The third kappa shape index (κ3) is 3.87. The van der Waals surface area contributed by atoms with Crippen LogP contribution in [0.4, 0.5) is 0 Å². The van der Waals surface area contributed by atoms with E-state index in [1.54, 1.807) is 20.6 Å². The van der Waals surface area contributed by atoms with Crippen LogP contribution < -0.4 is 0 Å². The van der Waals surface area contributed by atoms with Crippen molar-refractivity contribution in [2.75, 3.05) is 20.6 Å². The second-order valence-corrected chi connectivity index (χ2v) is 8.19. The molecule has 1 rings (SSSR count). The molecular formula is C18H32NTi. The van der Waals surface area contributed by atoms with E-state index in [1.807, 2.05) is 0 Å². The Morgan fingerprint density at radius 2 is 1.45 bits per heavy atom. The molecule has 2 heteroatoms. The third-order valence-corrected chi connectivity index (χ3v) is 5.17. The molecule has 113 valence electrons. The van der Waals surface area contributed by atoms with Crippen molar-refractivity contribution in [1.82, 2.24) is 4.90 Å². The fraction of sp³-hybridized carbons (Fsp3) is 0.778. The molecule has 0 radical (unpaired) electrons. The van der Waals surface area contributed by atoms with E-state index in [1.165, 1.54) is 6.42 Å². The molecule has 0 aromatic carbocycles. The van der Waals surface area contributed by atoms with Crippen LogP contribution in [0.3, 0.4) is 0 Å². The van der Waals surface area contributed by atoms with Crippen molar-refractivity contribution in [3.8, 4) is 0 Å². The van der Waals surface area contributed by atoms with Crippen molar-refractivity contribution in [1.29, 1.82) is 0 Å². The zero-order valence-electron chi connectivity index (χ0n) is 14.7. The zero-order valence-corrected chi connectivity index (χ0v) is 16.2. The van der Waals surface area contributed by atoms with Gasteiger partial charge in [-0.15, -0.1) is 0 Å². The van der Waals surface area contributed by atoms with Crippen molar-refractivity contribution >= 4 is 0 Å². The average Bonchev–Trinajstić information content (AvgIpc) is 2.59. The van der Waals surface area contributed by atoms with Gasteiger partial charge in [-0.3, -0.25) is 0 Å². The van der Waals surface area contributed by atoms with Crippen molar-refractivity contribution in [2.45, 2.75) is 48.0 Å². The standard InChI is InChI=1S/C18H32N.Ti/c1-12(2)16-11-17(13(3)4)18(14(5)6)15(16)9-10-19(7)8;/h12-14,16H,9-10H2,1-8H3;. The summed E-state index contributed by atoms with van der Waals surface area (Å²) in [5.41, 5.74) is 5.07. The number of allylic oxidation sites excluding steroid dienone is 3. The molecule has 0 bridgehead atoms. The molecule has 0 saturated carbocycles.